The van der Waals surface area contributed by atoms with Crippen molar-refractivity contribution in [3.63, 3.8) is 0 Å². The van der Waals surface area contributed by atoms with Crippen molar-refractivity contribution in [3.8, 4) is 0 Å². The molecule has 0 atom stereocenters. The molecule has 2 aromatic carbocycles. The van der Waals surface area contributed by atoms with Crippen LogP contribution in [0.5, 0.6) is 0 Å². The van der Waals surface area contributed by atoms with Gasteiger partial charge in [-0.2, -0.15) is 0 Å². The lowest BCUT2D eigenvalue weighted by Gasteiger charge is -2.13. The van der Waals surface area contributed by atoms with Crippen molar-refractivity contribution >= 4 is 5.69 Å². The Morgan fingerprint density at radius 3 is 2.06 bits per heavy atom. The first kappa shape index (κ1) is 11.7. The Hall–Kier alpha value is -1.76. The van der Waals surface area contributed by atoms with Gasteiger partial charge in [0.05, 0.1) is 0 Å². The maximum atomic E-state index is 3.46. The molecule has 1 heteroatoms. The molecule has 0 aliphatic heterocycles. The second-order valence-corrected chi connectivity index (χ2v) is 4.60. The first-order valence-corrected chi connectivity index (χ1v) is 6.02. The lowest BCUT2D eigenvalue weighted by Crippen LogP contribution is -2.03. The van der Waals surface area contributed by atoms with Gasteiger partial charge in [-0.1, -0.05) is 35.9 Å². The van der Waals surface area contributed by atoms with E-state index in [1.165, 1.54) is 27.9 Å². The van der Waals surface area contributed by atoms with Crippen LogP contribution < -0.4 is 5.32 Å². The van der Waals surface area contributed by atoms with Crippen LogP contribution in [0.2, 0.25) is 0 Å². The highest BCUT2D eigenvalue weighted by atomic mass is 14.9. The molecule has 0 saturated carbocycles. The fourth-order valence-corrected chi connectivity index (χ4v) is 2.24. The van der Waals surface area contributed by atoms with Gasteiger partial charge in [0.25, 0.3) is 0 Å². The Labute approximate surface area is 103 Å². The maximum absolute atomic E-state index is 3.46. The van der Waals surface area contributed by atoms with Crippen LogP contribution in [0.25, 0.3) is 0 Å². The number of anilines is 1. The zero-order chi connectivity index (χ0) is 12.3. The lowest BCUT2D eigenvalue weighted by atomic mass is 10.00. The molecule has 0 amide bonds. The van der Waals surface area contributed by atoms with Crippen molar-refractivity contribution < 1.29 is 0 Å². The van der Waals surface area contributed by atoms with E-state index in [9.17, 15) is 0 Å². The first-order valence-electron chi connectivity index (χ1n) is 6.02. The third-order valence-corrected chi connectivity index (χ3v) is 3.08. The summed E-state index contributed by atoms with van der Waals surface area (Å²) in [4.78, 5) is 0. The monoisotopic (exact) mass is 225 g/mol. The number of aryl methyl sites for hydroxylation is 3. The van der Waals surface area contributed by atoms with E-state index in [2.05, 4.69) is 62.5 Å². The predicted octanol–water partition coefficient (Wildman–Crippen LogP) is 4.22. The van der Waals surface area contributed by atoms with Crippen LogP contribution in [-0.4, -0.2) is 0 Å². The average molecular weight is 225 g/mol. The van der Waals surface area contributed by atoms with E-state index in [1.54, 1.807) is 0 Å². The molecule has 1 nitrogen and oxygen atoms in total. The highest BCUT2D eigenvalue weighted by Gasteiger charge is 2.03. The van der Waals surface area contributed by atoms with Gasteiger partial charge in [0.2, 0.25) is 0 Å². The molecule has 2 aromatic rings. The number of para-hydroxylation sites is 1. The molecule has 0 aliphatic carbocycles. The zero-order valence-electron chi connectivity index (χ0n) is 10.7. The van der Waals surface area contributed by atoms with E-state index in [0.717, 1.165) is 6.54 Å². The largest absolute Gasteiger partial charge is 0.381 e. The Bertz CT molecular complexity index is 477. The van der Waals surface area contributed by atoms with Crippen LogP contribution in [0.3, 0.4) is 0 Å². The van der Waals surface area contributed by atoms with E-state index in [4.69, 9.17) is 0 Å². The summed E-state index contributed by atoms with van der Waals surface area (Å²) in [6, 6.07) is 14.8. The van der Waals surface area contributed by atoms with E-state index in [1.807, 2.05) is 6.07 Å². The molecule has 0 spiro atoms. The van der Waals surface area contributed by atoms with Gasteiger partial charge in [0.15, 0.2) is 0 Å². The average Bonchev–Trinajstić information content (AvgIpc) is 2.29. The van der Waals surface area contributed by atoms with E-state index < -0.39 is 0 Å². The fourth-order valence-electron chi connectivity index (χ4n) is 2.24. The van der Waals surface area contributed by atoms with Gasteiger partial charge in [0.1, 0.15) is 0 Å². The molecule has 2 rings (SSSR count). The lowest BCUT2D eigenvalue weighted by molar-refractivity contribution is 1.08. The predicted molar refractivity (Wildman–Crippen MR) is 74.4 cm³/mol. The number of hydrogen-bond donors (Lipinski definition) is 1. The second-order valence-electron chi connectivity index (χ2n) is 4.60. The summed E-state index contributed by atoms with van der Waals surface area (Å²) in [7, 11) is 0. The van der Waals surface area contributed by atoms with Crippen LogP contribution in [-0.2, 0) is 6.54 Å². The quantitative estimate of drug-likeness (QED) is 0.824. The molecule has 0 saturated heterocycles. The molecule has 0 bridgehead atoms. The van der Waals surface area contributed by atoms with Crippen LogP contribution >= 0.6 is 0 Å². The normalized spacial score (nSPS) is 10.3. The minimum absolute atomic E-state index is 0.891. The van der Waals surface area contributed by atoms with Crippen molar-refractivity contribution in [2.45, 2.75) is 27.3 Å². The zero-order valence-corrected chi connectivity index (χ0v) is 10.7. The smallest absolute Gasteiger partial charge is 0.0406 e. The molecule has 0 heterocycles. The Morgan fingerprint density at radius 2 is 1.47 bits per heavy atom. The van der Waals surface area contributed by atoms with Crippen molar-refractivity contribution in [1.82, 2.24) is 0 Å². The van der Waals surface area contributed by atoms with E-state index in [0.29, 0.717) is 0 Å². The van der Waals surface area contributed by atoms with Gasteiger partial charge >= 0.3 is 0 Å². The molecule has 0 aliphatic rings. The Kier molecular flexibility index (Phi) is 3.48. The molecule has 0 unspecified atom stereocenters. The number of hydrogen-bond acceptors (Lipinski definition) is 1. The molecule has 0 fully saturated rings. The molecule has 88 valence electrons. The summed E-state index contributed by atoms with van der Waals surface area (Å²) in [6.45, 7) is 7.40. The number of nitrogens with one attached hydrogen (secondary N) is 1. The molecule has 1 N–H and O–H groups in total. The maximum Gasteiger partial charge on any atom is 0.0406 e. The van der Waals surface area contributed by atoms with E-state index in [-0.39, 0.29) is 0 Å². The van der Waals surface area contributed by atoms with Crippen LogP contribution in [0.15, 0.2) is 42.5 Å². The molecule has 0 radical (unpaired) electrons. The van der Waals surface area contributed by atoms with Gasteiger partial charge in [-0.05, 0) is 49.6 Å². The molecular weight excluding hydrogens is 206 g/mol. The highest BCUT2D eigenvalue weighted by Crippen LogP contribution is 2.18. The molecule has 0 aromatic heterocycles. The summed E-state index contributed by atoms with van der Waals surface area (Å²) in [5, 5.41) is 3.46. The van der Waals surface area contributed by atoms with Crippen LogP contribution in [0.4, 0.5) is 5.69 Å². The first-order chi connectivity index (χ1) is 8.16. The van der Waals surface area contributed by atoms with Gasteiger partial charge in [0, 0.05) is 12.2 Å². The van der Waals surface area contributed by atoms with Gasteiger partial charge in [-0.15, -0.1) is 0 Å². The summed E-state index contributed by atoms with van der Waals surface area (Å²) in [5.74, 6) is 0. The summed E-state index contributed by atoms with van der Waals surface area (Å²) >= 11 is 0. The van der Waals surface area contributed by atoms with Gasteiger partial charge in [-0.3, -0.25) is 0 Å². The van der Waals surface area contributed by atoms with E-state index >= 15 is 0 Å². The summed E-state index contributed by atoms with van der Waals surface area (Å²) < 4.78 is 0. The van der Waals surface area contributed by atoms with Crippen molar-refractivity contribution in [3.05, 3.63) is 64.7 Å². The van der Waals surface area contributed by atoms with Crippen molar-refractivity contribution in [2.24, 2.45) is 0 Å². The van der Waals surface area contributed by atoms with Crippen LogP contribution in [0, 0.1) is 20.8 Å². The van der Waals surface area contributed by atoms with Gasteiger partial charge in [-0.25, -0.2) is 0 Å². The third-order valence-electron chi connectivity index (χ3n) is 3.08. The summed E-state index contributed by atoms with van der Waals surface area (Å²) in [5.41, 5.74) is 6.65. The van der Waals surface area contributed by atoms with Gasteiger partial charge < -0.3 is 5.32 Å². The van der Waals surface area contributed by atoms with Crippen LogP contribution in [0.1, 0.15) is 22.3 Å². The SMILES string of the molecule is Cc1cc(C)c(CNc2ccccc2)c(C)c1. The highest BCUT2D eigenvalue weighted by molar-refractivity contribution is 5.45. The topological polar surface area (TPSA) is 12.0 Å². The second kappa shape index (κ2) is 5.05. The summed E-state index contributed by atoms with van der Waals surface area (Å²) in [6.07, 6.45) is 0. The fraction of sp³-hybridized carbons (Fsp3) is 0.250. The minimum atomic E-state index is 0.891. The van der Waals surface area contributed by atoms with Crippen molar-refractivity contribution in [2.75, 3.05) is 5.32 Å². The minimum Gasteiger partial charge on any atom is -0.381 e. The standard InChI is InChI=1S/C16H19N/c1-12-9-13(2)16(14(3)10-12)11-17-15-7-5-4-6-8-15/h4-10,17H,11H2,1-3H3. The number of rotatable bonds is 3. The Morgan fingerprint density at radius 1 is 0.882 bits per heavy atom. The number of benzene rings is 2. The van der Waals surface area contributed by atoms with Crippen molar-refractivity contribution in [1.29, 1.82) is 0 Å². The molecular formula is C16H19N. The third kappa shape index (κ3) is 2.88. The molecule has 17 heavy (non-hydrogen) atoms. The Balaban J connectivity index is 2.15.